The Morgan fingerprint density at radius 2 is 2.17 bits per heavy atom. The molecule has 4 rings (SSSR count). The van der Waals surface area contributed by atoms with Crippen LogP contribution in [-0.2, 0) is 0 Å². The molecule has 0 saturated heterocycles. The van der Waals surface area contributed by atoms with E-state index in [4.69, 9.17) is 16.1 Å². The first kappa shape index (κ1) is 14.1. The molecule has 0 radical (unpaired) electrons. The highest BCUT2D eigenvalue weighted by Gasteiger charge is 2.24. The Kier molecular flexibility index (Phi) is 3.42. The molecule has 0 amide bonds. The molecule has 4 N–H and O–H groups in total. The maximum atomic E-state index is 7.40. The van der Waals surface area contributed by atoms with Gasteiger partial charge in [-0.05, 0) is 31.0 Å². The molecular weight excluding hydrogens is 308 g/mol. The number of nitrogens with one attached hydrogen (secondary N) is 2. The van der Waals surface area contributed by atoms with E-state index >= 15 is 0 Å². The second-order valence-electron chi connectivity index (χ2n) is 5.67. The monoisotopic (exact) mass is 324 g/mol. The lowest BCUT2D eigenvalue weighted by atomic mass is 9.86. The molecule has 0 spiro atoms. The van der Waals surface area contributed by atoms with Crippen molar-refractivity contribution in [1.29, 1.82) is 5.41 Å². The number of hydrogen-bond donors (Lipinski definition) is 3. The SMILES string of the molecule is N=Cc1cc(Nc2ncnc3sc(C4CCC4)nc23)ccc1N. The number of rotatable bonds is 4. The number of nitrogens with two attached hydrogens (primary N) is 1. The van der Waals surface area contributed by atoms with Crippen molar-refractivity contribution in [2.75, 3.05) is 11.1 Å². The van der Waals surface area contributed by atoms with Crippen molar-refractivity contribution in [3.8, 4) is 0 Å². The second-order valence-corrected chi connectivity index (χ2v) is 6.68. The van der Waals surface area contributed by atoms with Gasteiger partial charge in [-0.1, -0.05) is 17.8 Å². The molecule has 1 aliphatic carbocycles. The van der Waals surface area contributed by atoms with Crippen molar-refractivity contribution in [2.24, 2.45) is 0 Å². The summed E-state index contributed by atoms with van der Waals surface area (Å²) in [5, 5.41) is 11.8. The summed E-state index contributed by atoms with van der Waals surface area (Å²) in [5.41, 5.74) is 8.73. The molecule has 2 aromatic heterocycles. The molecule has 0 bridgehead atoms. The van der Waals surface area contributed by atoms with Crippen molar-refractivity contribution in [3.63, 3.8) is 0 Å². The summed E-state index contributed by atoms with van der Waals surface area (Å²) in [5.74, 6) is 1.28. The van der Waals surface area contributed by atoms with Crippen LogP contribution >= 0.6 is 11.3 Å². The summed E-state index contributed by atoms with van der Waals surface area (Å²) in [6.45, 7) is 0. The van der Waals surface area contributed by atoms with Gasteiger partial charge in [-0.15, -0.1) is 0 Å². The van der Waals surface area contributed by atoms with E-state index in [1.54, 1.807) is 23.7 Å². The van der Waals surface area contributed by atoms with E-state index in [-0.39, 0.29) is 0 Å². The first-order valence-electron chi connectivity index (χ1n) is 7.53. The van der Waals surface area contributed by atoms with Crippen LogP contribution in [0.5, 0.6) is 0 Å². The molecule has 2 heterocycles. The van der Waals surface area contributed by atoms with E-state index in [0.29, 0.717) is 23.0 Å². The zero-order valence-corrected chi connectivity index (χ0v) is 13.2. The van der Waals surface area contributed by atoms with E-state index < -0.39 is 0 Å². The average Bonchev–Trinajstić information content (AvgIpc) is 2.91. The van der Waals surface area contributed by atoms with Crippen LogP contribution < -0.4 is 11.1 Å². The summed E-state index contributed by atoms with van der Waals surface area (Å²) in [4.78, 5) is 14.3. The van der Waals surface area contributed by atoms with Crippen LogP contribution in [-0.4, -0.2) is 21.2 Å². The molecule has 3 aromatic rings. The van der Waals surface area contributed by atoms with Crippen LogP contribution in [0, 0.1) is 5.41 Å². The second kappa shape index (κ2) is 5.58. The lowest BCUT2D eigenvalue weighted by Gasteiger charge is -2.22. The number of nitrogen functional groups attached to an aromatic ring is 1. The van der Waals surface area contributed by atoms with Crippen LogP contribution in [0.25, 0.3) is 10.3 Å². The Balaban J connectivity index is 1.70. The first-order chi connectivity index (χ1) is 11.2. The number of thiazole rings is 1. The van der Waals surface area contributed by atoms with Gasteiger partial charge in [0, 0.05) is 29.1 Å². The largest absolute Gasteiger partial charge is 0.398 e. The zero-order chi connectivity index (χ0) is 15.8. The van der Waals surface area contributed by atoms with Gasteiger partial charge >= 0.3 is 0 Å². The predicted octanol–water partition coefficient (Wildman–Crippen LogP) is 3.68. The van der Waals surface area contributed by atoms with Gasteiger partial charge in [0.15, 0.2) is 5.82 Å². The van der Waals surface area contributed by atoms with Crippen LogP contribution in [0.3, 0.4) is 0 Å². The molecule has 1 fully saturated rings. The van der Waals surface area contributed by atoms with Crippen molar-refractivity contribution in [2.45, 2.75) is 25.2 Å². The van der Waals surface area contributed by atoms with Crippen molar-refractivity contribution < 1.29 is 0 Å². The van der Waals surface area contributed by atoms with Gasteiger partial charge in [-0.3, -0.25) is 0 Å². The van der Waals surface area contributed by atoms with Gasteiger partial charge in [-0.2, -0.15) is 0 Å². The van der Waals surface area contributed by atoms with Crippen LogP contribution in [0.2, 0.25) is 0 Å². The van der Waals surface area contributed by atoms with Gasteiger partial charge in [0.25, 0.3) is 0 Å². The van der Waals surface area contributed by atoms with Crippen molar-refractivity contribution >= 4 is 45.1 Å². The predicted molar refractivity (Wildman–Crippen MR) is 93.8 cm³/mol. The number of nitrogens with zero attached hydrogens (tertiary/aromatic N) is 3. The minimum absolute atomic E-state index is 0.583. The molecule has 1 saturated carbocycles. The third kappa shape index (κ3) is 2.53. The standard InChI is InChI=1S/C16H16N6S/c17-7-10-6-11(4-5-12(10)18)21-14-13-16(20-8-19-14)23-15(22-13)9-2-1-3-9/h4-9,17H,1-3,18H2,(H,19,20,21). The Morgan fingerprint density at radius 3 is 2.91 bits per heavy atom. The lowest BCUT2D eigenvalue weighted by Crippen LogP contribution is -2.07. The fraction of sp³-hybridized carbons (Fsp3) is 0.250. The topological polar surface area (TPSA) is 101 Å². The molecule has 1 aromatic carbocycles. The fourth-order valence-electron chi connectivity index (χ4n) is 2.61. The molecule has 0 unspecified atom stereocenters. The number of anilines is 3. The third-order valence-corrected chi connectivity index (χ3v) is 5.30. The average molecular weight is 324 g/mol. The smallest absolute Gasteiger partial charge is 0.161 e. The summed E-state index contributed by atoms with van der Waals surface area (Å²) in [6, 6.07) is 5.48. The zero-order valence-electron chi connectivity index (χ0n) is 12.4. The quantitative estimate of drug-likeness (QED) is 0.502. The van der Waals surface area contributed by atoms with Gasteiger partial charge in [-0.25, -0.2) is 15.0 Å². The molecule has 6 nitrogen and oxygen atoms in total. The minimum Gasteiger partial charge on any atom is -0.398 e. The van der Waals surface area contributed by atoms with Gasteiger partial charge in [0.2, 0.25) is 0 Å². The molecule has 1 aliphatic rings. The fourth-order valence-corrected chi connectivity index (χ4v) is 3.68. The molecule has 7 heteroatoms. The summed E-state index contributed by atoms with van der Waals surface area (Å²) < 4.78 is 0. The maximum Gasteiger partial charge on any atom is 0.161 e. The van der Waals surface area contributed by atoms with Gasteiger partial charge in [0.1, 0.15) is 16.7 Å². The van der Waals surface area contributed by atoms with E-state index in [1.807, 2.05) is 12.1 Å². The number of benzene rings is 1. The molecular formula is C16H16N6S. The van der Waals surface area contributed by atoms with Gasteiger partial charge < -0.3 is 16.5 Å². The number of hydrogen-bond acceptors (Lipinski definition) is 7. The minimum atomic E-state index is 0.583. The molecule has 0 atom stereocenters. The number of fused-ring (bicyclic) bond motifs is 1. The highest BCUT2D eigenvalue weighted by molar-refractivity contribution is 7.18. The summed E-state index contributed by atoms with van der Waals surface area (Å²) in [7, 11) is 0. The number of aromatic nitrogens is 3. The third-order valence-electron chi connectivity index (χ3n) is 4.17. The molecule has 0 aliphatic heterocycles. The van der Waals surface area contributed by atoms with E-state index in [1.165, 1.54) is 25.5 Å². The van der Waals surface area contributed by atoms with E-state index in [9.17, 15) is 0 Å². The normalized spacial score (nSPS) is 14.6. The Hall–Kier alpha value is -2.54. The van der Waals surface area contributed by atoms with Crippen LogP contribution in [0.15, 0.2) is 24.5 Å². The lowest BCUT2D eigenvalue weighted by molar-refractivity contribution is 0.419. The Bertz CT molecular complexity index is 883. The highest BCUT2D eigenvalue weighted by Crippen LogP contribution is 2.40. The first-order valence-corrected chi connectivity index (χ1v) is 8.34. The van der Waals surface area contributed by atoms with Crippen molar-refractivity contribution in [1.82, 2.24) is 15.0 Å². The highest BCUT2D eigenvalue weighted by atomic mass is 32.1. The van der Waals surface area contributed by atoms with Crippen LogP contribution in [0.1, 0.15) is 35.8 Å². The molecule has 116 valence electrons. The summed E-state index contributed by atoms with van der Waals surface area (Å²) >= 11 is 1.66. The maximum absolute atomic E-state index is 7.40. The van der Waals surface area contributed by atoms with Gasteiger partial charge in [0.05, 0.1) is 5.01 Å². The van der Waals surface area contributed by atoms with Crippen LogP contribution in [0.4, 0.5) is 17.2 Å². The van der Waals surface area contributed by atoms with E-state index in [2.05, 4.69) is 15.3 Å². The van der Waals surface area contributed by atoms with Crippen molar-refractivity contribution in [3.05, 3.63) is 35.1 Å². The Labute approximate surface area is 137 Å². The Morgan fingerprint density at radius 1 is 1.30 bits per heavy atom. The van der Waals surface area contributed by atoms with E-state index in [0.717, 1.165) is 21.0 Å². The molecule has 23 heavy (non-hydrogen) atoms. The summed E-state index contributed by atoms with van der Waals surface area (Å²) in [6.07, 6.45) is 6.53.